The van der Waals surface area contributed by atoms with E-state index in [1.54, 1.807) is 12.2 Å². The van der Waals surface area contributed by atoms with E-state index in [4.69, 9.17) is 0 Å². The molecule has 0 spiro atoms. The van der Waals surface area contributed by atoms with E-state index in [2.05, 4.69) is 23.1 Å². The number of nitrogens with zero attached hydrogens (tertiary/aromatic N) is 2. The Morgan fingerprint density at radius 1 is 1.55 bits per heavy atom. The quantitative estimate of drug-likeness (QED) is 0.555. The minimum atomic E-state index is 0.877. The summed E-state index contributed by atoms with van der Waals surface area (Å²) >= 11 is 0. The van der Waals surface area contributed by atoms with Gasteiger partial charge in [0.05, 0.1) is 12.9 Å². The largest absolute Gasteiger partial charge is 0.331 e. The van der Waals surface area contributed by atoms with Gasteiger partial charge in [-0.2, -0.15) is 0 Å². The highest BCUT2D eigenvalue weighted by atomic mass is 15.2. The summed E-state index contributed by atoms with van der Waals surface area (Å²) in [5.74, 6) is 0. The van der Waals surface area contributed by atoms with Crippen molar-refractivity contribution in [3.8, 4) is 0 Å². The molecule has 0 radical (unpaired) electrons. The van der Waals surface area contributed by atoms with Gasteiger partial charge in [-0.15, -0.1) is 0 Å². The van der Waals surface area contributed by atoms with Gasteiger partial charge in [0.25, 0.3) is 0 Å². The van der Waals surface area contributed by atoms with Gasteiger partial charge < -0.3 is 4.90 Å². The maximum absolute atomic E-state index is 4.09. The molecule has 0 bridgehead atoms. The fourth-order valence-corrected chi connectivity index (χ4v) is 0.977. The molecule has 0 unspecified atom stereocenters. The van der Waals surface area contributed by atoms with Gasteiger partial charge in [0, 0.05) is 12.2 Å². The Labute approximate surface area is 67.2 Å². The third-order valence-corrected chi connectivity index (χ3v) is 1.52. The van der Waals surface area contributed by atoms with Crippen molar-refractivity contribution < 1.29 is 0 Å². The highest BCUT2D eigenvalue weighted by molar-refractivity contribution is 5.61. The first-order valence-corrected chi connectivity index (χ1v) is 3.60. The molecule has 0 saturated heterocycles. The molecular formula is C9H12N2. The number of rotatable bonds is 3. The maximum atomic E-state index is 4.09. The van der Waals surface area contributed by atoms with Crippen molar-refractivity contribution in [2.75, 3.05) is 13.1 Å². The van der Waals surface area contributed by atoms with Crippen LogP contribution in [0.2, 0.25) is 0 Å². The standard InChI is InChI=1S/C9H12N2/c1-3-5-9(4-2)11-7-6-10-8-11/h3-5,8H,1-2,6-7H2/b9-5+. The van der Waals surface area contributed by atoms with Crippen molar-refractivity contribution in [1.29, 1.82) is 0 Å². The number of hydrogen-bond donors (Lipinski definition) is 0. The normalized spacial score (nSPS) is 17.1. The summed E-state index contributed by atoms with van der Waals surface area (Å²) in [7, 11) is 0. The van der Waals surface area contributed by atoms with Gasteiger partial charge in [0.1, 0.15) is 0 Å². The fourth-order valence-electron chi connectivity index (χ4n) is 0.977. The SMILES string of the molecule is C=C/C=C(\C=C)N1C=NCC1. The molecule has 0 atom stereocenters. The van der Waals surface area contributed by atoms with Crippen molar-refractivity contribution in [3.63, 3.8) is 0 Å². The molecule has 0 amide bonds. The lowest BCUT2D eigenvalue weighted by molar-refractivity contribution is 0.591. The second kappa shape index (κ2) is 3.76. The van der Waals surface area contributed by atoms with Gasteiger partial charge in [0.15, 0.2) is 0 Å². The third-order valence-electron chi connectivity index (χ3n) is 1.52. The minimum Gasteiger partial charge on any atom is -0.331 e. The first-order valence-electron chi connectivity index (χ1n) is 3.60. The zero-order chi connectivity index (χ0) is 8.10. The minimum absolute atomic E-state index is 0.877. The zero-order valence-corrected chi connectivity index (χ0v) is 6.53. The summed E-state index contributed by atoms with van der Waals surface area (Å²) in [5.41, 5.74) is 1.06. The average molecular weight is 148 g/mol. The third kappa shape index (κ3) is 1.80. The molecule has 0 aromatic heterocycles. The molecule has 0 N–H and O–H groups in total. The van der Waals surface area contributed by atoms with Crippen molar-refractivity contribution in [3.05, 3.63) is 37.1 Å². The molecule has 1 rings (SSSR count). The van der Waals surface area contributed by atoms with Gasteiger partial charge in [-0.1, -0.05) is 19.2 Å². The van der Waals surface area contributed by atoms with E-state index >= 15 is 0 Å². The molecule has 11 heavy (non-hydrogen) atoms. The highest BCUT2D eigenvalue weighted by Crippen LogP contribution is 2.06. The van der Waals surface area contributed by atoms with Crippen molar-refractivity contribution in [2.45, 2.75) is 0 Å². The van der Waals surface area contributed by atoms with Crippen LogP contribution in [-0.2, 0) is 0 Å². The second-order valence-electron chi connectivity index (χ2n) is 2.25. The number of allylic oxidation sites excluding steroid dienone is 3. The van der Waals surface area contributed by atoms with E-state index in [0.717, 1.165) is 18.8 Å². The Morgan fingerprint density at radius 3 is 2.82 bits per heavy atom. The lowest BCUT2D eigenvalue weighted by atomic mass is 10.3. The van der Waals surface area contributed by atoms with Crippen molar-refractivity contribution >= 4 is 6.34 Å². The predicted octanol–water partition coefficient (Wildman–Crippen LogP) is 1.59. The van der Waals surface area contributed by atoms with Crippen molar-refractivity contribution in [2.24, 2.45) is 4.99 Å². The summed E-state index contributed by atoms with van der Waals surface area (Å²) in [6, 6.07) is 0. The van der Waals surface area contributed by atoms with Crippen LogP contribution in [0.4, 0.5) is 0 Å². The Bertz CT molecular complexity index is 214. The van der Waals surface area contributed by atoms with E-state index in [1.165, 1.54) is 0 Å². The average Bonchev–Trinajstić information content (AvgIpc) is 2.52. The smallest absolute Gasteiger partial charge is 0.0895 e. The lowest BCUT2D eigenvalue weighted by Gasteiger charge is -2.13. The Morgan fingerprint density at radius 2 is 2.36 bits per heavy atom. The van der Waals surface area contributed by atoms with Crippen LogP contribution in [0, 0.1) is 0 Å². The van der Waals surface area contributed by atoms with E-state index in [0.29, 0.717) is 0 Å². The molecule has 58 valence electrons. The molecular weight excluding hydrogens is 136 g/mol. The van der Waals surface area contributed by atoms with Crippen LogP contribution >= 0.6 is 0 Å². The van der Waals surface area contributed by atoms with Crippen LogP contribution < -0.4 is 0 Å². The van der Waals surface area contributed by atoms with Crippen LogP contribution in [0.3, 0.4) is 0 Å². The summed E-state index contributed by atoms with van der Waals surface area (Å²) in [5, 5.41) is 0. The zero-order valence-electron chi connectivity index (χ0n) is 6.53. The molecule has 2 nitrogen and oxygen atoms in total. The van der Waals surface area contributed by atoms with Crippen LogP contribution in [0.1, 0.15) is 0 Å². The topological polar surface area (TPSA) is 15.6 Å². The first-order chi connectivity index (χ1) is 5.38. The molecule has 1 aliphatic heterocycles. The molecule has 0 aromatic carbocycles. The number of aliphatic imine (C=N–C) groups is 1. The van der Waals surface area contributed by atoms with Crippen LogP contribution in [0.25, 0.3) is 0 Å². The Balaban J connectivity index is 2.68. The Kier molecular flexibility index (Phi) is 2.66. The van der Waals surface area contributed by atoms with Gasteiger partial charge in [-0.3, -0.25) is 4.99 Å². The predicted molar refractivity (Wildman–Crippen MR) is 48.5 cm³/mol. The van der Waals surface area contributed by atoms with Gasteiger partial charge in [-0.05, 0) is 12.2 Å². The lowest BCUT2D eigenvalue weighted by Crippen LogP contribution is -2.17. The van der Waals surface area contributed by atoms with E-state index in [-0.39, 0.29) is 0 Å². The van der Waals surface area contributed by atoms with Gasteiger partial charge in [-0.25, -0.2) is 0 Å². The monoisotopic (exact) mass is 148 g/mol. The molecule has 0 aromatic rings. The van der Waals surface area contributed by atoms with Gasteiger partial charge in [0.2, 0.25) is 0 Å². The van der Waals surface area contributed by atoms with Crippen LogP contribution in [-0.4, -0.2) is 24.3 Å². The maximum Gasteiger partial charge on any atom is 0.0895 e. The molecule has 0 aliphatic carbocycles. The number of hydrogen-bond acceptors (Lipinski definition) is 2. The summed E-state index contributed by atoms with van der Waals surface area (Å²) in [6.45, 7) is 9.16. The molecule has 0 fully saturated rings. The van der Waals surface area contributed by atoms with E-state index < -0.39 is 0 Å². The van der Waals surface area contributed by atoms with Crippen LogP contribution in [0.5, 0.6) is 0 Å². The Hall–Kier alpha value is -1.31. The van der Waals surface area contributed by atoms with Crippen LogP contribution in [0.15, 0.2) is 42.1 Å². The highest BCUT2D eigenvalue weighted by Gasteiger charge is 2.06. The fraction of sp³-hybridized carbons (Fsp3) is 0.222. The second-order valence-corrected chi connectivity index (χ2v) is 2.25. The summed E-state index contributed by atoms with van der Waals surface area (Å²) in [4.78, 5) is 6.14. The van der Waals surface area contributed by atoms with Gasteiger partial charge >= 0.3 is 0 Å². The van der Waals surface area contributed by atoms with E-state index in [9.17, 15) is 0 Å². The van der Waals surface area contributed by atoms with E-state index in [1.807, 2.05) is 12.4 Å². The molecule has 1 heterocycles. The molecule has 1 aliphatic rings. The summed E-state index contributed by atoms with van der Waals surface area (Å²) in [6.07, 6.45) is 7.31. The molecule has 2 heteroatoms. The first kappa shape index (κ1) is 7.79. The van der Waals surface area contributed by atoms with Crippen molar-refractivity contribution in [1.82, 2.24) is 4.90 Å². The summed E-state index contributed by atoms with van der Waals surface area (Å²) < 4.78 is 0. The molecule has 0 saturated carbocycles.